The number of carbonyl (C=O) groups is 1. The number of nitrogens with one attached hydrogen (secondary N) is 1. The van der Waals surface area contributed by atoms with Gasteiger partial charge < -0.3 is 9.73 Å². The Hall–Kier alpha value is -4.76. The Morgan fingerprint density at radius 2 is 1.71 bits per heavy atom. The molecule has 1 amide bonds. The summed E-state index contributed by atoms with van der Waals surface area (Å²) in [7, 11) is 0. The van der Waals surface area contributed by atoms with Crippen LogP contribution in [0.3, 0.4) is 0 Å². The van der Waals surface area contributed by atoms with Gasteiger partial charge in [0.15, 0.2) is 5.58 Å². The van der Waals surface area contributed by atoms with Gasteiger partial charge in [-0.05, 0) is 103 Å². The Kier molecular flexibility index (Phi) is 7.83. The zero-order chi connectivity index (χ0) is 29.1. The van der Waals surface area contributed by atoms with E-state index in [0.717, 1.165) is 42.4 Å². The molecule has 1 aliphatic carbocycles. The van der Waals surface area contributed by atoms with Crippen molar-refractivity contribution < 1.29 is 9.21 Å². The second-order valence-corrected chi connectivity index (χ2v) is 11.6. The summed E-state index contributed by atoms with van der Waals surface area (Å²) >= 11 is 0. The van der Waals surface area contributed by atoms with Gasteiger partial charge in [0.1, 0.15) is 5.52 Å². The highest BCUT2D eigenvalue weighted by Gasteiger charge is 2.23. The number of carbonyl (C=O) groups excluding carboxylic acids is 1. The molecule has 2 aromatic heterocycles. The standard InChI is InChI=1S/C36H34N4O2/c1-23(2)32-18-25(20-37)19-33-34(32)42-36(40-33)30-15-13-29(14-16-30)35(41)39-21-24-5-7-26(8-6-24)27-9-11-28(12-10-27)31-4-3-17-38-22-31/h3-4,9-19,22-24,26H,5-8,21H2,1-2H3,(H,39,41). The van der Waals surface area contributed by atoms with Gasteiger partial charge in [-0.15, -0.1) is 0 Å². The van der Waals surface area contributed by atoms with Crippen molar-refractivity contribution in [3.05, 3.63) is 107 Å². The average Bonchev–Trinajstić information content (AvgIpc) is 3.48. The molecule has 0 unspecified atom stereocenters. The highest BCUT2D eigenvalue weighted by atomic mass is 16.3. The summed E-state index contributed by atoms with van der Waals surface area (Å²) in [5.41, 5.74) is 8.06. The molecule has 1 aliphatic rings. The van der Waals surface area contributed by atoms with Crippen LogP contribution in [0.5, 0.6) is 0 Å². The van der Waals surface area contributed by atoms with Gasteiger partial charge in [0, 0.05) is 35.6 Å². The molecular weight excluding hydrogens is 520 g/mol. The first-order chi connectivity index (χ1) is 20.5. The maximum absolute atomic E-state index is 12.9. The summed E-state index contributed by atoms with van der Waals surface area (Å²) in [4.78, 5) is 21.8. The molecule has 1 N–H and O–H groups in total. The first-order valence-corrected chi connectivity index (χ1v) is 14.7. The van der Waals surface area contributed by atoms with E-state index in [0.29, 0.717) is 46.5 Å². The van der Waals surface area contributed by atoms with Crippen LogP contribution in [0.1, 0.15) is 78.4 Å². The van der Waals surface area contributed by atoms with Crippen molar-refractivity contribution in [3.63, 3.8) is 0 Å². The number of rotatable bonds is 7. The van der Waals surface area contributed by atoms with Gasteiger partial charge in [-0.3, -0.25) is 9.78 Å². The lowest BCUT2D eigenvalue weighted by Gasteiger charge is -2.29. The molecule has 0 aliphatic heterocycles. The molecule has 0 saturated heterocycles. The molecule has 0 spiro atoms. The Bertz CT molecular complexity index is 1720. The lowest BCUT2D eigenvalue weighted by atomic mass is 9.78. The van der Waals surface area contributed by atoms with Crippen LogP contribution in [0.4, 0.5) is 0 Å². The third kappa shape index (κ3) is 5.82. The van der Waals surface area contributed by atoms with Gasteiger partial charge in [0.05, 0.1) is 11.6 Å². The molecule has 6 heteroatoms. The van der Waals surface area contributed by atoms with E-state index in [4.69, 9.17) is 4.42 Å². The number of hydrogen-bond donors (Lipinski definition) is 1. The normalized spacial score (nSPS) is 16.8. The van der Waals surface area contributed by atoms with Crippen LogP contribution in [0.15, 0.2) is 89.6 Å². The first-order valence-electron chi connectivity index (χ1n) is 14.7. The molecule has 0 radical (unpaired) electrons. The fraction of sp³-hybridized carbons (Fsp3) is 0.278. The van der Waals surface area contributed by atoms with E-state index in [2.05, 4.69) is 65.5 Å². The maximum atomic E-state index is 12.9. The minimum atomic E-state index is -0.0621. The number of benzene rings is 3. The molecule has 1 saturated carbocycles. The van der Waals surface area contributed by atoms with Crippen molar-refractivity contribution in [2.24, 2.45) is 5.92 Å². The van der Waals surface area contributed by atoms with Crippen LogP contribution in [0, 0.1) is 17.2 Å². The number of fused-ring (bicyclic) bond motifs is 1. The molecule has 2 heterocycles. The highest BCUT2D eigenvalue weighted by molar-refractivity contribution is 5.94. The Morgan fingerprint density at radius 3 is 2.38 bits per heavy atom. The second kappa shape index (κ2) is 12.0. The summed E-state index contributed by atoms with van der Waals surface area (Å²) in [5.74, 6) is 1.69. The van der Waals surface area contributed by atoms with Gasteiger partial charge in [0.25, 0.3) is 5.91 Å². The van der Waals surface area contributed by atoms with Crippen LogP contribution in [-0.2, 0) is 0 Å². The number of oxazole rings is 1. The van der Waals surface area contributed by atoms with Crippen LogP contribution in [0.25, 0.3) is 33.7 Å². The molecule has 210 valence electrons. The molecule has 6 nitrogen and oxygen atoms in total. The largest absolute Gasteiger partial charge is 0.436 e. The SMILES string of the molecule is CC(C)c1cc(C#N)cc2nc(-c3ccc(C(=O)NCC4CCC(c5ccc(-c6cccnc6)cc5)CC4)cc3)oc12. The molecule has 1 fully saturated rings. The van der Waals surface area contributed by atoms with Crippen LogP contribution in [-0.4, -0.2) is 22.4 Å². The van der Waals surface area contributed by atoms with Crippen molar-refractivity contribution in [2.45, 2.75) is 51.4 Å². The lowest BCUT2D eigenvalue weighted by Crippen LogP contribution is -2.31. The maximum Gasteiger partial charge on any atom is 0.251 e. The molecule has 42 heavy (non-hydrogen) atoms. The Balaban J connectivity index is 1.03. The minimum Gasteiger partial charge on any atom is -0.436 e. The second-order valence-electron chi connectivity index (χ2n) is 11.6. The molecular formula is C36H34N4O2. The quantitative estimate of drug-likeness (QED) is 0.219. The monoisotopic (exact) mass is 554 g/mol. The number of hydrogen-bond acceptors (Lipinski definition) is 5. The molecule has 3 aromatic carbocycles. The molecule has 6 rings (SSSR count). The van der Waals surface area contributed by atoms with Crippen molar-refractivity contribution in [1.82, 2.24) is 15.3 Å². The fourth-order valence-corrected chi connectivity index (χ4v) is 5.96. The van der Waals surface area contributed by atoms with Crippen molar-refractivity contribution in [2.75, 3.05) is 6.54 Å². The van der Waals surface area contributed by atoms with E-state index in [1.807, 2.05) is 42.6 Å². The summed E-state index contributed by atoms with van der Waals surface area (Å²) in [6.45, 7) is 4.83. The molecule has 5 aromatic rings. The van der Waals surface area contributed by atoms with Gasteiger partial charge in [-0.25, -0.2) is 4.98 Å². The van der Waals surface area contributed by atoms with Gasteiger partial charge in [0.2, 0.25) is 5.89 Å². The fourth-order valence-electron chi connectivity index (χ4n) is 5.96. The summed E-state index contributed by atoms with van der Waals surface area (Å²) in [6, 6.07) is 26.1. The van der Waals surface area contributed by atoms with E-state index in [1.54, 1.807) is 12.3 Å². The number of aromatic nitrogens is 2. The van der Waals surface area contributed by atoms with Gasteiger partial charge in [-0.1, -0.05) is 44.2 Å². The predicted molar refractivity (Wildman–Crippen MR) is 165 cm³/mol. The van der Waals surface area contributed by atoms with E-state index in [-0.39, 0.29) is 11.8 Å². The lowest BCUT2D eigenvalue weighted by molar-refractivity contribution is 0.0943. The third-order valence-corrected chi connectivity index (χ3v) is 8.44. The van der Waals surface area contributed by atoms with E-state index in [1.165, 1.54) is 11.1 Å². The van der Waals surface area contributed by atoms with Crippen LogP contribution < -0.4 is 5.32 Å². The van der Waals surface area contributed by atoms with Crippen LogP contribution in [0.2, 0.25) is 0 Å². The van der Waals surface area contributed by atoms with E-state index >= 15 is 0 Å². The van der Waals surface area contributed by atoms with Gasteiger partial charge >= 0.3 is 0 Å². The number of nitrogens with zero attached hydrogens (tertiary/aromatic N) is 3. The average molecular weight is 555 g/mol. The highest BCUT2D eigenvalue weighted by Crippen LogP contribution is 2.36. The Morgan fingerprint density at radius 1 is 0.976 bits per heavy atom. The topological polar surface area (TPSA) is 91.8 Å². The van der Waals surface area contributed by atoms with Gasteiger partial charge in [-0.2, -0.15) is 5.26 Å². The van der Waals surface area contributed by atoms with Crippen molar-refractivity contribution >= 4 is 17.0 Å². The summed E-state index contributed by atoms with van der Waals surface area (Å²) in [5, 5.41) is 12.5. The minimum absolute atomic E-state index is 0.0621. The predicted octanol–water partition coefficient (Wildman–Crippen LogP) is 8.26. The summed E-state index contributed by atoms with van der Waals surface area (Å²) in [6.07, 6.45) is 8.19. The number of nitriles is 1. The smallest absolute Gasteiger partial charge is 0.251 e. The van der Waals surface area contributed by atoms with Crippen molar-refractivity contribution in [3.8, 4) is 28.7 Å². The number of pyridine rings is 1. The third-order valence-electron chi connectivity index (χ3n) is 8.44. The van der Waals surface area contributed by atoms with E-state index < -0.39 is 0 Å². The Labute approximate surface area is 246 Å². The van der Waals surface area contributed by atoms with Crippen LogP contribution >= 0.6 is 0 Å². The summed E-state index contributed by atoms with van der Waals surface area (Å²) < 4.78 is 6.12. The molecule has 0 bridgehead atoms. The van der Waals surface area contributed by atoms with Crippen molar-refractivity contribution in [1.29, 1.82) is 5.26 Å². The van der Waals surface area contributed by atoms with E-state index in [9.17, 15) is 10.1 Å². The first kappa shape index (κ1) is 27.4. The number of amides is 1. The molecule has 0 atom stereocenters. The zero-order valence-electron chi connectivity index (χ0n) is 24.0. The zero-order valence-corrected chi connectivity index (χ0v) is 24.0.